The second-order valence-corrected chi connectivity index (χ2v) is 6.37. The van der Waals surface area contributed by atoms with Crippen LogP contribution in [0.4, 0.5) is 0 Å². The van der Waals surface area contributed by atoms with Gasteiger partial charge in [-0.25, -0.2) is 0 Å². The van der Waals surface area contributed by atoms with Gasteiger partial charge in [0.25, 0.3) is 5.91 Å². The molecule has 1 aliphatic heterocycles. The van der Waals surface area contributed by atoms with E-state index in [4.69, 9.17) is 4.74 Å². The Bertz CT molecular complexity index is 669. The van der Waals surface area contributed by atoms with E-state index in [9.17, 15) is 4.79 Å². The third-order valence-electron chi connectivity index (χ3n) is 4.58. The van der Waals surface area contributed by atoms with E-state index in [0.717, 1.165) is 55.8 Å². The van der Waals surface area contributed by atoms with Crippen LogP contribution in [-0.4, -0.2) is 37.1 Å². The Labute approximate surface area is 144 Å². The van der Waals surface area contributed by atoms with Crippen molar-refractivity contribution < 1.29 is 9.53 Å². The first-order chi connectivity index (χ1) is 11.8. The molecule has 126 valence electrons. The summed E-state index contributed by atoms with van der Waals surface area (Å²) in [6.07, 6.45) is 2.20. The lowest BCUT2D eigenvalue weighted by Gasteiger charge is -2.32. The molecule has 0 N–H and O–H groups in total. The van der Waals surface area contributed by atoms with Crippen molar-refractivity contribution in [3.05, 3.63) is 60.2 Å². The van der Waals surface area contributed by atoms with Crippen LogP contribution in [0.25, 0.3) is 11.1 Å². The van der Waals surface area contributed by atoms with Crippen LogP contribution < -0.4 is 0 Å². The van der Waals surface area contributed by atoms with Crippen molar-refractivity contribution in [2.24, 2.45) is 5.92 Å². The van der Waals surface area contributed by atoms with E-state index in [1.165, 1.54) is 0 Å². The highest BCUT2D eigenvalue weighted by atomic mass is 16.5. The van der Waals surface area contributed by atoms with E-state index in [0.29, 0.717) is 5.92 Å². The van der Waals surface area contributed by atoms with Crippen molar-refractivity contribution in [2.75, 3.05) is 26.3 Å². The summed E-state index contributed by atoms with van der Waals surface area (Å²) in [7, 11) is 0. The Hall–Kier alpha value is -2.13. The van der Waals surface area contributed by atoms with Crippen LogP contribution in [0.15, 0.2) is 54.6 Å². The lowest BCUT2D eigenvalue weighted by Crippen LogP contribution is -2.41. The van der Waals surface area contributed by atoms with Crippen molar-refractivity contribution in [3.63, 3.8) is 0 Å². The lowest BCUT2D eigenvalue weighted by molar-refractivity contribution is 0.0501. The molecular formula is C21H25NO2. The highest BCUT2D eigenvalue weighted by Crippen LogP contribution is 2.23. The van der Waals surface area contributed by atoms with E-state index in [2.05, 4.69) is 18.2 Å². The number of carbonyl (C=O) groups excluding carboxylic acids is 1. The highest BCUT2D eigenvalue weighted by Gasteiger charge is 2.24. The van der Waals surface area contributed by atoms with E-state index in [-0.39, 0.29) is 5.91 Å². The van der Waals surface area contributed by atoms with Crippen molar-refractivity contribution in [1.29, 1.82) is 0 Å². The summed E-state index contributed by atoms with van der Waals surface area (Å²) in [5.74, 6) is 0.592. The van der Waals surface area contributed by atoms with E-state index >= 15 is 0 Å². The molecule has 0 saturated carbocycles. The molecule has 0 bridgehead atoms. The molecule has 0 spiro atoms. The molecule has 1 unspecified atom stereocenters. The molecule has 1 aliphatic rings. The fourth-order valence-electron chi connectivity index (χ4n) is 3.32. The standard InChI is InChI=1S/C21H25NO2/c1-2-24-16-17-8-7-13-22(15-17)21(23)20-12-6-11-19(14-20)18-9-4-3-5-10-18/h3-6,9-12,14,17H,2,7-8,13,15-16H2,1H3. The minimum Gasteiger partial charge on any atom is -0.381 e. The van der Waals surface area contributed by atoms with Gasteiger partial charge in [0.05, 0.1) is 6.61 Å². The molecule has 24 heavy (non-hydrogen) atoms. The van der Waals surface area contributed by atoms with Gasteiger partial charge in [-0.2, -0.15) is 0 Å². The molecule has 3 nitrogen and oxygen atoms in total. The summed E-state index contributed by atoms with van der Waals surface area (Å²) >= 11 is 0. The van der Waals surface area contributed by atoms with Crippen LogP contribution >= 0.6 is 0 Å². The van der Waals surface area contributed by atoms with Gasteiger partial charge in [-0.1, -0.05) is 42.5 Å². The number of hydrogen-bond donors (Lipinski definition) is 0. The molecule has 1 amide bonds. The van der Waals surface area contributed by atoms with E-state index < -0.39 is 0 Å². The minimum absolute atomic E-state index is 0.133. The van der Waals surface area contributed by atoms with Crippen molar-refractivity contribution in [1.82, 2.24) is 4.90 Å². The largest absolute Gasteiger partial charge is 0.381 e. The number of rotatable bonds is 5. The summed E-state index contributed by atoms with van der Waals surface area (Å²) < 4.78 is 5.55. The van der Waals surface area contributed by atoms with Crippen LogP contribution in [0.2, 0.25) is 0 Å². The SMILES string of the molecule is CCOCC1CCCN(C(=O)c2cccc(-c3ccccc3)c2)C1. The van der Waals surface area contributed by atoms with E-state index in [1.807, 2.05) is 48.2 Å². The molecule has 0 aliphatic carbocycles. The molecule has 0 aromatic heterocycles. The van der Waals surface area contributed by atoms with Gasteiger partial charge in [-0.05, 0) is 48.9 Å². The monoisotopic (exact) mass is 323 g/mol. The quantitative estimate of drug-likeness (QED) is 0.823. The molecule has 2 aromatic carbocycles. The van der Waals surface area contributed by atoms with Gasteiger partial charge in [0.1, 0.15) is 0 Å². The normalized spacial score (nSPS) is 17.7. The molecule has 2 aromatic rings. The molecule has 1 saturated heterocycles. The maximum absolute atomic E-state index is 12.9. The van der Waals surface area contributed by atoms with Gasteiger partial charge in [0, 0.05) is 25.3 Å². The first-order valence-electron chi connectivity index (χ1n) is 8.80. The number of nitrogens with zero attached hydrogens (tertiary/aromatic N) is 1. The van der Waals surface area contributed by atoms with Crippen LogP contribution in [0.5, 0.6) is 0 Å². The predicted molar refractivity (Wildman–Crippen MR) is 97.0 cm³/mol. The van der Waals surface area contributed by atoms with Crippen molar-refractivity contribution >= 4 is 5.91 Å². The number of benzene rings is 2. The smallest absolute Gasteiger partial charge is 0.253 e. The van der Waals surface area contributed by atoms with Gasteiger partial charge in [0.2, 0.25) is 0 Å². The van der Waals surface area contributed by atoms with Crippen LogP contribution in [-0.2, 0) is 4.74 Å². The zero-order valence-electron chi connectivity index (χ0n) is 14.3. The second-order valence-electron chi connectivity index (χ2n) is 6.37. The summed E-state index contributed by atoms with van der Waals surface area (Å²) in [6, 6.07) is 18.1. The fourth-order valence-corrected chi connectivity index (χ4v) is 3.32. The molecule has 1 heterocycles. The minimum atomic E-state index is 0.133. The maximum Gasteiger partial charge on any atom is 0.253 e. The average molecular weight is 323 g/mol. The molecule has 3 heteroatoms. The Balaban J connectivity index is 1.73. The number of hydrogen-bond acceptors (Lipinski definition) is 2. The molecule has 3 rings (SSSR count). The maximum atomic E-state index is 12.9. The predicted octanol–water partition coefficient (Wildman–Crippen LogP) is 4.24. The topological polar surface area (TPSA) is 29.5 Å². The Kier molecular flexibility index (Phi) is 5.65. The van der Waals surface area contributed by atoms with Crippen LogP contribution in [0.3, 0.4) is 0 Å². The molecular weight excluding hydrogens is 298 g/mol. The first-order valence-corrected chi connectivity index (χ1v) is 8.80. The Morgan fingerprint density at radius 3 is 2.71 bits per heavy atom. The van der Waals surface area contributed by atoms with Crippen LogP contribution in [0.1, 0.15) is 30.1 Å². The van der Waals surface area contributed by atoms with Gasteiger partial charge >= 0.3 is 0 Å². The second kappa shape index (κ2) is 8.11. The zero-order chi connectivity index (χ0) is 16.8. The zero-order valence-corrected chi connectivity index (χ0v) is 14.3. The Morgan fingerprint density at radius 1 is 1.12 bits per heavy atom. The van der Waals surface area contributed by atoms with Gasteiger partial charge in [-0.3, -0.25) is 4.79 Å². The number of ether oxygens (including phenoxy) is 1. The van der Waals surface area contributed by atoms with Crippen LogP contribution in [0, 0.1) is 5.92 Å². The summed E-state index contributed by atoms with van der Waals surface area (Å²) in [4.78, 5) is 14.9. The van der Waals surface area contributed by atoms with Crippen molar-refractivity contribution in [3.8, 4) is 11.1 Å². The number of piperidine rings is 1. The average Bonchev–Trinajstić information content (AvgIpc) is 2.67. The van der Waals surface area contributed by atoms with E-state index in [1.54, 1.807) is 0 Å². The lowest BCUT2D eigenvalue weighted by atomic mass is 9.97. The van der Waals surface area contributed by atoms with Gasteiger partial charge in [-0.15, -0.1) is 0 Å². The third-order valence-corrected chi connectivity index (χ3v) is 4.58. The molecule has 0 radical (unpaired) electrons. The highest BCUT2D eigenvalue weighted by molar-refractivity contribution is 5.95. The molecule has 1 atom stereocenters. The third kappa shape index (κ3) is 4.04. The van der Waals surface area contributed by atoms with Gasteiger partial charge in [0.15, 0.2) is 0 Å². The Morgan fingerprint density at radius 2 is 1.92 bits per heavy atom. The molecule has 1 fully saturated rings. The first kappa shape index (κ1) is 16.7. The van der Waals surface area contributed by atoms with Crippen molar-refractivity contribution in [2.45, 2.75) is 19.8 Å². The number of amides is 1. The summed E-state index contributed by atoms with van der Waals surface area (Å²) in [5.41, 5.74) is 3.00. The van der Waals surface area contributed by atoms with Gasteiger partial charge < -0.3 is 9.64 Å². The number of likely N-dealkylation sites (tertiary alicyclic amines) is 1. The fraction of sp³-hybridized carbons (Fsp3) is 0.381. The summed E-state index contributed by atoms with van der Waals surface area (Å²) in [5, 5.41) is 0. The number of carbonyl (C=O) groups is 1. The summed E-state index contributed by atoms with van der Waals surface area (Å²) in [6.45, 7) is 5.15.